The van der Waals surface area contributed by atoms with Crippen molar-refractivity contribution in [3.05, 3.63) is 76.6 Å². The van der Waals surface area contributed by atoms with E-state index in [1.807, 2.05) is 0 Å². The van der Waals surface area contributed by atoms with Gasteiger partial charge in [0.25, 0.3) is 0 Å². The average molecular weight is 350 g/mol. The molecule has 0 aliphatic carbocycles. The van der Waals surface area contributed by atoms with Gasteiger partial charge in [-0.1, -0.05) is 12.1 Å². The van der Waals surface area contributed by atoms with Crippen molar-refractivity contribution in [3.8, 4) is 11.1 Å². The van der Waals surface area contributed by atoms with E-state index in [9.17, 15) is 22.7 Å². The number of rotatable bonds is 3. The highest BCUT2D eigenvalue weighted by molar-refractivity contribution is 5.71. The maximum absolute atomic E-state index is 14.2. The monoisotopic (exact) mass is 350 g/mol. The number of aliphatic hydroxyl groups excluding tert-OH is 1. The molecule has 0 aliphatic heterocycles. The summed E-state index contributed by atoms with van der Waals surface area (Å²) in [6, 6.07) is 6.09. The Morgan fingerprint density at radius 1 is 0.960 bits per heavy atom. The van der Waals surface area contributed by atoms with Gasteiger partial charge >= 0.3 is 0 Å². The maximum atomic E-state index is 14.2. The summed E-state index contributed by atoms with van der Waals surface area (Å²) in [7, 11) is 1.47. The fourth-order valence-electron chi connectivity index (χ4n) is 2.91. The second-order valence-electron chi connectivity index (χ2n) is 5.63. The van der Waals surface area contributed by atoms with E-state index in [4.69, 9.17) is 0 Å². The normalized spacial score (nSPS) is 12.4. The largest absolute Gasteiger partial charge is 0.382 e. The molecule has 25 heavy (non-hydrogen) atoms. The molecule has 2 aromatic carbocycles. The third-order valence-electron chi connectivity index (χ3n) is 4.00. The average Bonchev–Trinajstić information content (AvgIpc) is 2.81. The van der Waals surface area contributed by atoms with Gasteiger partial charge in [0.15, 0.2) is 0 Å². The first-order chi connectivity index (χ1) is 11.8. The highest BCUT2D eigenvalue weighted by Crippen LogP contribution is 2.37. The van der Waals surface area contributed by atoms with Crippen LogP contribution < -0.4 is 0 Å². The Labute approximate surface area is 141 Å². The fraction of sp³-hybridized carbons (Fsp3) is 0.167. The molecule has 1 aromatic heterocycles. The Morgan fingerprint density at radius 2 is 1.60 bits per heavy atom. The minimum Gasteiger partial charge on any atom is -0.382 e. The molecule has 3 rings (SSSR count). The van der Waals surface area contributed by atoms with Gasteiger partial charge in [0, 0.05) is 24.2 Å². The van der Waals surface area contributed by atoms with Crippen LogP contribution in [0.15, 0.2) is 36.4 Å². The summed E-state index contributed by atoms with van der Waals surface area (Å²) in [6.07, 6.45) is -1.58. The van der Waals surface area contributed by atoms with Gasteiger partial charge in [0.1, 0.15) is 29.4 Å². The predicted octanol–water partition coefficient (Wildman–Crippen LogP) is 4.03. The van der Waals surface area contributed by atoms with Gasteiger partial charge < -0.3 is 5.11 Å². The van der Waals surface area contributed by atoms with Crippen molar-refractivity contribution < 1.29 is 22.7 Å². The first-order valence-corrected chi connectivity index (χ1v) is 7.42. The number of benzene rings is 2. The molecule has 0 aliphatic rings. The second-order valence-corrected chi connectivity index (χ2v) is 5.63. The number of aryl methyl sites for hydroxylation is 2. The van der Waals surface area contributed by atoms with E-state index in [0.717, 1.165) is 24.3 Å². The van der Waals surface area contributed by atoms with Crippen LogP contribution in [0.1, 0.15) is 23.1 Å². The van der Waals surface area contributed by atoms with Crippen LogP contribution >= 0.6 is 0 Å². The zero-order valence-corrected chi connectivity index (χ0v) is 13.4. The fourth-order valence-corrected chi connectivity index (χ4v) is 2.91. The number of halogens is 4. The van der Waals surface area contributed by atoms with Crippen molar-refractivity contribution in [2.75, 3.05) is 0 Å². The predicted molar refractivity (Wildman–Crippen MR) is 83.7 cm³/mol. The number of hydrogen-bond acceptors (Lipinski definition) is 2. The standard InChI is InChI=1S/C18H14F4N2O/c1-9-15(16-12(20)4-3-5-13(16)21)17(24(2)23-9)18(25)11-7-6-10(19)8-14(11)22/h3-8,18,25H,1-2H3. The zero-order chi connectivity index (χ0) is 18.3. The molecule has 0 saturated heterocycles. The highest BCUT2D eigenvalue weighted by Gasteiger charge is 2.28. The van der Waals surface area contributed by atoms with Crippen LogP contribution in [-0.4, -0.2) is 14.9 Å². The van der Waals surface area contributed by atoms with E-state index >= 15 is 0 Å². The molecule has 0 bridgehead atoms. The van der Waals surface area contributed by atoms with Crippen molar-refractivity contribution in [3.63, 3.8) is 0 Å². The molecule has 0 fully saturated rings. The lowest BCUT2D eigenvalue weighted by atomic mass is 9.96. The van der Waals surface area contributed by atoms with Gasteiger partial charge in [-0.15, -0.1) is 0 Å². The molecule has 130 valence electrons. The number of aromatic nitrogens is 2. The summed E-state index contributed by atoms with van der Waals surface area (Å²) < 4.78 is 56.8. The molecule has 1 heterocycles. The van der Waals surface area contributed by atoms with E-state index in [1.54, 1.807) is 0 Å². The Bertz CT molecular complexity index is 932. The summed E-state index contributed by atoms with van der Waals surface area (Å²) in [5, 5.41) is 14.7. The van der Waals surface area contributed by atoms with Crippen molar-refractivity contribution in [1.82, 2.24) is 9.78 Å². The quantitative estimate of drug-likeness (QED) is 0.724. The van der Waals surface area contributed by atoms with Crippen LogP contribution in [-0.2, 0) is 7.05 Å². The minimum atomic E-state index is -1.58. The smallest absolute Gasteiger partial charge is 0.134 e. The molecule has 3 nitrogen and oxygen atoms in total. The molecule has 0 amide bonds. The second kappa shape index (κ2) is 6.33. The lowest BCUT2D eigenvalue weighted by Crippen LogP contribution is -2.10. The van der Waals surface area contributed by atoms with Gasteiger partial charge in [-0.05, 0) is 25.1 Å². The van der Waals surface area contributed by atoms with E-state index in [2.05, 4.69) is 5.10 Å². The Morgan fingerprint density at radius 3 is 2.20 bits per heavy atom. The molecule has 3 aromatic rings. The molecule has 1 atom stereocenters. The Balaban J connectivity index is 2.24. The molecule has 1 unspecified atom stereocenters. The Hall–Kier alpha value is -2.67. The van der Waals surface area contributed by atoms with Crippen LogP contribution in [0.25, 0.3) is 11.1 Å². The minimum absolute atomic E-state index is 0.00649. The number of nitrogens with zero attached hydrogens (tertiary/aromatic N) is 2. The van der Waals surface area contributed by atoms with Crippen molar-refractivity contribution in [1.29, 1.82) is 0 Å². The summed E-state index contributed by atoms with van der Waals surface area (Å²) in [4.78, 5) is 0. The van der Waals surface area contributed by atoms with Gasteiger partial charge in [-0.3, -0.25) is 4.68 Å². The maximum Gasteiger partial charge on any atom is 0.134 e. The number of aliphatic hydroxyl groups is 1. The summed E-state index contributed by atoms with van der Waals surface area (Å²) >= 11 is 0. The first kappa shape index (κ1) is 17.2. The molecule has 7 heteroatoms. The van der Waals surface area contributed by atoms with Crippen molar-refractivity contribution in [2.45, 2.75) is 13.0 Å². The van der Waals surface area contributed by atoms with E-state index in [0.29, 0.717) is 6.07 Å². The van der Waals surface area contributed by atoms with E-state index in [-0.39, 0.29) is 28.1 Å². The third-order valence-corrected chi connectivity index (χ3v) is 4.00. The Kier molecular flexibility index (Phi) is 4.34. The van der Waals surface area contributed by atoms with E-state index in [1.165, 1.54) is 24.7 Å². The van der Waals surface area contributed by atoms with Crippen LogP contribution in [0.5, 0.6) is 0 Å². The summed E-state index contributed by atoms with van der Waals surface area (Å²) in [6.45, 7) is 1.53. The highest BCUT2D eigenvalue weighted by atomic mass is 19.1. The topological polar surface area (TPSA) is 38.0 Å². The SMILES string of the molecule is Cc1nn(C)c(C(O)c2ccc(F)cc2F)c1-c1c(F)cccc1F. The lowest BCUT2D eigenvalue weighted by Gasteiger charge is -2.16. The van der Waals surface area contributed by atoms with Gasteiger partial charge in [-0.25, -0.2) is 17.6 Å². The van der Waals surface area contributed by atoms with Gasteiger partial charge in [0.05, 0.1) is 17.0 Å². The van der Waals surface area contributed by atoms with Crippen LogP contribution in [0, 0.1) is 30.2 Å². The lowest BCUT2D eigenvalue weighted by molar-refractivity contribution is 0.205. The molecule has 0 saturated carbocycles. The zero-order valence-electron chi connectivity index (χ0n) is 13.4. The molecule has 0 spiro atoms. The van der Waals surface area contributed by atoms with Crippen LogP contribution in [0.3, 0.4) is 0 Å². The molecular formula is C18H14F4N2O. The van der Waals surface area contributed by atoms with Crippen molar-refractivity contribution >= 4 is 0 Å². The van der Waals surface area contributed by atoms with Crippen LogP contribution in [0.4, 0.5) is 17.6 Å². The molecule has 0 radical (unpaired) electrons. The summed E-state index contributed by atoms with van der Waals surface area (Å²) in [5.74, 6) is -3.42. The van der Waals surface area contributed by atoms with Crippen LogP contribution in [0.2, 0.25) is 0 Å². The first-order valence-electron chi connectivity index (χ1n) is 7.42. The third kappa shape index (κ3) is 2.91. The summed E-state index contributed by atoms with van der Waals surface area (Å²) in [5.41, 5.74) is -0.267. The van der Waals surface area contributed by atoms with E-state index < -0.39 is 29.4 Å². The van der Waals surface area contributed by atoms with Crippen molar-refractivity contribution in [2.24, 2.45) is 7.05 Å². The molecular weight excluding hydrogens is 336 g/mol. The van der Waals surface area contributed by atoms with Gasteiger partial charge in [0.2, 0.25) is 0 Å². The van der Waals surface area contributed by atoms with Gasteiger partial charge in [-0.2, -0.15) is 5.10 Å². The number of hydrogen-bond donors (Lipinski definition) is 1. The molecule has 1 N–H and O–H groups in total.